The van der Waals surface area contributed by atoms with Gasteiger partial charge >= 0.3 is 0 Å². The van der Waals surface area contributed by atoms with Crippen LogP contribution in [0.15, 0.2) is 47.5 Å². The number of guanidine groups is 1. The number of benzene rings is 2. The first kappa shape index (κ1) is 21.1. The fourth-order valence-corrected chi connectivity index (χ4v) is 2.76. The minimum Gasteiger partial charge on any atom is -0.497 e. The molecule has 0 amide bonds. The van der Waals surface area contributed by atoms with Crippen molar-refractivity contribution in [1.29, 1.82) is 0 Å². The van der Waals surface area contributed by atoms with Gasteiger partial charge in [-0.2, -0.15) is 0 Å². The van der Waals surface area contributed by atoms with Crippen molar-refractivity contribution in [3.05, 3.63) is 53.6 Å². The van der Waals surface area contributed by atoms with E-state index in [2.05, 4.69) is 33.8 Å². The Morgan fingerprint density at radius 2 is 1.59 bits per heavy atom. The summed E-state index contributed by atoms with van der Waals surface area (Å²) in [6, 6.07) is 14.2. The zero-order valence-corrected chi connectivity index (χ0v) is 18.0. The van der Waals surface area contributed by atoms with Crippen LogP contribution in [0.5, 0.6) is 17.2 Å². The van der Waals surface area contributed by atoms with Gasteiger partial charge in [0, 0.05) is 20.1 Å². The van der Waals surface area contributed by atoms with E-state index in [1.54, 1.807) is 14.2 Å². The third kappa shape index (κ3) is 6.20. The zero-order valence-electron chi connectivity index (χ0n) is 15.7. The molecule has 6 nitrogen and oxygen atoms in total. The molecular formula is C20H26IN3O3. The van der Waals surface area contributed by atoms with Crippen LogP contribution in [0.1, 0.15) is 11.1 Å². The summed E-state index contributed by atoms with van der Waals surface area (Å²) in [5, 5.41) is 6.67. The van der Waals surface area contributed by atoms with Gasteiger partial charge in [0.1, 0.15) is 5.75 Å². The fraction of sp³-hybridized carbons (Fsp3) is 0.350. The molecule has 2 aromatic rings. The smallest absolute Gasteiger partial charge is 0.231 e. The van der Waals surface area contributed by atoms with Crippen LogP contribution in [0.25, 0.3) is 0 Å². The molecule has 2 N–H and O–H groups in total. The Labute approximate surface area is 177 Å². The molecule has 27 heavy (non-hydrogen) atoms. The highest BCUT2D eigenvalue weighted by atomic mass is 127. The number of ether oxygens (including phenoxy) is 3. The van der Waals surface area contributed by atoms with E-state index in [1.165, 1.54) is 11.1 Å². The summed E-state index contributed by atoms with van der Waals surface area (Å²) >= 11 is 0. The molecule has 0 spiro atoms. The largest absolute Gasteiger partial charge is 0.497 e. The van der Waals surface area contributed by atoms with Crippen molar-refractivity contribution in [3.8, 4) is 17.2 Å². The number of nitrogens with zero attached hydrogens (tertiary/aromatic N) is 1. The third-order valence-electron chi connectivity index (χ3n) is 4.23. The predicted molar refractivity (Wildman–Crippen MR) is 118 cm³/mol. The highest BCUT2D eigenvalue weighted by molar-refractivity contribution is 14.0. The molecule has 2 aromatic carbocycles. The van der Waals surface area contributed by atoms with Crippen molar-refractivity contribution in [1.82, 2.24) is 10.6 Å². The zero-order chi connectivity index (χ0) is 18.2. The van der Waals surface area contributed by atoms with E-state index >= 15 is 0 Å². The lowest BCUT2D eigenvalue weighted by Gasteiger charge is -2.12. The van der Waals surface area contributed by atoms with Gasteiger partial charge in [-0.05, 0) is 48.2 Å². The van der Waals surface area contributed by atoms with Crippen molar-refractivity contribution in [3.63, 3.8) is 0 Å². The van der Waals surface area contributed by atoms with E-state index in [9.17, 15) is 0 Å². The van der Waals surface area contributed by atoms with Gasteiger partial charge in [-0.15, -0.1) is 24.0 Å². The summed E-state index contributed by atoms with van der Waals surface area (Å²) in [5.41, 5.74) is 2.46. The Kier molecular flexibility index (Phi) is 8.50. The molecule has 0 aliphatic carbocycles. The van der Waals surface area contributed by atoms with E-state index in [4.69, 9.17) is 14.2 Å². The Bertz CT molecular complexity index is 751. The van der Waals surface area contributed by atoms with E-state index in [1.807, 2.05) is 24.3 Å². The molecule has 0 bridgehead atoms. The van der Waals surface area contributed by atoms with E-state index in [-0.39, 0.29) is 24.0 Å². The molecule has 7 heteroatoms. The van der Waals surface area contributed by atoms with E-state index in [0.29, 0.717) is 6.79 Å². The Balaban J connectivity index is 0.00000261. The van der Waals surface area contributed by atoms with Crippen LogP contribution in [-0.2, 0) is 12.8 Å². The van der Waals surface area contributed by atoms with Crippen LogP contribution >= 0.6 is 24.0 Å². The Hall–Kier alpha value is -2.16. The predicted octanol–water partition coefficient (Wildman–Crippen LogP) is 2.99. The van der Waals surface area contributed by atoms with Crippen molar-refractivity contribution >= 4 is 29.9 Å². The summed E-state index contributed by atoms with van der Waals surface area (Å²) in [6.07, 6.45) is 1.81. The summed E-state index contributed by atoms with van der Waals surface area (Å²) in [6.45, 7) is 1.92. The summed E-state index contributed by atoms with van der Waals surface area (Å²) in [4.78, 5) is 4.27. The average molecular weight is 483 g/mol. The van der Waals surface area contributed by atoms with Gasteiger partial charge in [0.15, 0.2) is 17.5 Å². The highest BCUT2D eigenvalue weighted by Gasteiger charge is 2.12. The van der Waals surface area contributed by atoms with Gasteiger partial charge in [-0.3, -0.25) is 4.99 Å². The topological polar surface area (TPSA) is 64.1 Å². The van der Waals surface area contributed by atoms with Gasteiger partial charge in [-0.1, -0.05) is 18.2 Å². The van der Waals surface area contributed by atoms with Crippen LogP contribution in [0, 0.1) is 0 Å². The molecule has 0 fully saturated rings. The maximum Gasteiger partial charge on any atom is 0.231 e. The molecule has 0 aromatic heterocycles. The number of aliphatic imine (C=N–C) groups is 1. The molecule has 0 saturated heterocycles. The number of methoxy groups -OCH3 is 1. The first-order chi connectivity index (χ1) is 12.8. The second-order valence-corrected chi connectivity index (χ2v) is 5.96. The quantitative estimate of drug-likeness (QED) is 0.360. The molecule has 146 valence electrons. The number of hydrogen-bond donors (Lipinski definition) is 2. The number of nitrogens with one attached hydrogen (secondary N) is 2. The van der Waals surface area contributed by atoms with Gasteiger partial charge < -0.3 is 24.8 Å². The van der Waals surface area contributed by atoms with Gasteiger partial charge in [0.25, 0.3) is 0 Å². The van der Waals surface area contributed by atoms with Gasteiger partial charge in [0.2, 0.25) is 6.79 Å². The summed E-state index contributed by atoms with van der Waals surface area (Å²) in [7, 11) is 3.46. The first-order valence-electron chi connectivity index (χ1n) is 8.74. The molecule has 0 unspecified atom stereocenters. The third-order valence-corrected chi connectivity index (χ3v) is 4.23. The summed E-state index contributed by atoms with van der Waals surface area (Å²) < 4.78 is 15.9. The van der Waals surface area contributed by atoms with Crippen molar-refractivity contribution < 1.29 is 14.2 Å². The van der Waals surface area contributed by atoms with Gasteiger partial charge in [0.05, 0.1) is 7.11 Å². The summed E-state index contributed by atoms with van der Waals surface area (Å²) in [5.74, 6) is 3.32. The van der Waals surface area contributed by atoms with Crippen molar-refractivity contribution in [2.75, 3.05) is 34.0 Å². The molecule has 0 saturated carbocycles. The molecule has 3 rings (SSSR count). The fourth-order valence-electron chi connectivity index (χ4n) is 2.76. The maximum atomic E-state index is 5.41. The standard InChI is InChI=1S/C20H25N3O3.HI/c1-21-20(22-11-9-15-3-6-17(24-2)7-4-15)23-12-10-16-5-8-18-19(13-16)26-14-25-18;/h3-8,13H,9-12,14H2,1-2H3,(H2,21,22,23);1H. The normalized spacial score (nSPS) is 12.3. The highest BCUT2D eigenvalue weighted by Crippen LogP contribution is 2.32. The second-order valence-electron chi connectivity index (χ2n) is 5.96. The molecule has 1 aliphatic rings. The van der Waals surface area contributed by atoms with Crippen LogP contribution < -0.4 is 24.8 Å². The van der Waals surface area contributed by atoms with Gasteiger partial charge in [-0.25, -0.2) is 0 Å². The van der Waals surface area contributed by atoms with Crippen LogP contribution in [0.2, 0.25) is 0 Å². The maximum absolute atomic E-state index is 5.41. The van der Waals surface area contributed by atoms with E-state index < -0.39 is 0 Å². The first-order valence-corrected chi connectivity index (χ1v) is 8.74. The van der Waals surface area contributed by atoms with Crippen molar-refractivity contribution in [2.45, 2.75) is 12.8 Å². The number of halogens is 1. The molecule has 0 radical (unpaired) electrons. The van der Waals surface area contributed by atoms with Crippen LogP contribution in [-0.4, -0.2) is 40.0 Å². The molecular weight excluding hydrogens is 457 g/mol. The molecule has 0 atom stereocenters. The molecule has 1 aliphatic heterocycles. The number of hydrogen-bond acceptors (Lipinski definition) is 4. The Morgan fingerprint density at radius 3 is 2.26 bits per heavy atom. The van der Waals surface area contributed by atoms with Crippen molar-refractivity contribution in [2.24, 2.45) is 4.99 Å². The second kappa shape index (κ2) is 10.9. The monoisotopic (exact) mass is 483 g/mol. The average Bonchev–Trinajstić information content (AvgIpc) is 3.15. The van der Waals surface area contributed by atoms with E-state index in [0.717, 1.165) is 49.1 Å². The minimum atomic E-state index is 0. The number of fused-ring (bicyclic) bond motifs is 1. The minimum absolute atomic E-state index is 0. The lowest BCUT2D eigenvalue weighted by molar-refractivity contribution is 0.174. The Morgan fingerprint density at radius 1 is 0.963 bits per heavy atom. The lowest BCUT2D eigenvalue weighted by atomic mass is 10.1. The number of rotatable bonds is 7. The molecule has 1 heterocycles. The van der Waals surface area contributed by atoms with Crippen LogP contribution in [0.4, 0.5) is 0 Å². The SMILES string of the molecule is CN=C(NCCc1ccc(OC)cc1)NCCc1ccc2c(c1)OCO2.I. The lowest BCUT2D eigenvalue weighted by Crippen LogP contribution is -2.39. The van der Waals surface area contributed by atoms with Crippen LogP contribution in [0.3, 0.4) is 0 Å².